The second-order valence-electron chi connectivity index (χ2n) is 5.59. The van der Waals surface area contributed by atoms with Gasteiger partial charge in [-0.1, -0.05) is 12.1 Å². The predicted octanol–water partition coefficient (Wildman–Crippen LogP) is 2.71. The summed E-state index contributed by atoms with van der Waals surface area (Å²) >= 11 is 0. The molecule has 1 heterocycles. The van der Waals surface area contributed by atoms with E-state index in [2.05, 4.69) is 10.6 Å². The van der Waals surface area contributed by atoms with Gasteiger partial charge < -0.3 is 10.6 Å². The molecule has 0 spiro atoms. The summed E-state index contributed by atoms with van der Waals surface area (Å²) in [6, 6.07) is 6.31. The predicted molar refractivity (Wildman–Crippen MR) is 80.6 cm³/mol. The zero-order chi connectivity index (χ0) is 18.1. The monoisotopic (exact) mass is 352 g/mol. The maximum Gasteiger partial charge on any atom is 0.237 e. The molecule has 1 saturated heterocycles. The number of hydrogen-bond donors (Lipinski definition) is 2. The lowest BCUT2D eigenvalue weighted by atomic mass is 9.87. The van der Waals surface area contributed by atoms with Crippen molar-refractivity contribution in [3.05, 3.63) is 65.2 Å². The molecule has 3 rings (SSSR count). The van der Waals surface area contributed by atoms with Crippen molar-refractivity contribution >= 4 is 17.5 Å². The smallest absolute Gasteiger partial charge is 0.237 e. The molecule has 25 heavy (non-hydrogen) atoms. The van der Waals surface area contributed by atoms with Crippen molar-refractivity contribution in [1.82, 2.24) is 5.32 Å². The van der Waals surface area contributed by atoms with E-state index in [-0.39, 0.29) is 12.1 Å². The van der Waals surface area contributed by atoms with Gasteiger partial charge in [0.1, 0.15) is 5.92 Å². The average molecular weight is 352 g/mol. The van der Waals surface area contributed by atoms with Crippen LogP contribution >= 0.6 is 0 Å². The highest BCUT2D eigenvalue weighted by atomic mass is 19.2. The number of amides is 2. The number of nitrogens with one attached hydrogen (secondary N) is 2. The Kier molecular flexibility index (Phi) is 4.43. The third kappa shape index (κ3) is 3.19. The van der Waals surface area contributed by atoms with Gasteiger partial charge in [-0.3, -0.25) is 9.59 Å². The third-order valence-corrected chi connectivity index (χ3v) is 4.04. The number of carbonyl (C=O) groups is 2. The highest BCUT2D eigenvalue weighted by Gasteiger charge is 2.41. The topological polar surface area (TPSA) is 58.2 Å². The van der Waals surface area contributed by atoms with Crippen LogP contribution in [0, 0.1) is 29.2 Å². The highest BCUT2D eigenvalue weighted by molar-refractivity contribution is 6.08. The van der Waals surface area contributed by atoms with Crippen LogP contribution < -0.4 is 10.6 Å². The van der Waals surface area contributed by atoms with E-state index in [0.717, 1.165) is 24.3 Å². The average Bonchev–Trinajstić information content (AvgIpc) is 2.96. The molecular weight excluding hydrogens is 340 g/mol. The Bertz CT molecular complexity index is 857. The van der Waals surface area contributed by atoms with Gasteiger partial charge in [-0.25, -0.2) is 17.6 Å². The molecule has 1 fully saturated rings. The molecule has 2 unspecified atom stereocenters. The van der Waals surface area contributed by atoms with Gasteiger partial charge in [0.05, 0.1) is 5.69 Å². The number of benzene rings is 2. The van der Waals surface area contributed by atoms with Crippen LogP contribution in [-0.4, -0.2) is 18.4 Å². The van der Waals surface area contributed by atoms with Crippen molar-refractivity contribution in [2.75, 3.05) is 11.9 Å². The summed E-state index contributed by atoms with van der Waals surface area (Å²) in [5.41, 5.74) is -0.161. The summed E-state index contributed by atoms with van der Waals surface area (Å²) in [5.74, 6) is -8.11. The first-order valence-corrected chi connectivity index (χ1v) is 7.36. The van der Waals surface area contributed by atoms with Crippen LogP contribution in [0.25, 0.3) is 0 Å². The highest BCUT2D eigenvalue weighted by Crippen LogP contribution is 2.31. The molecule has 2 atom stereocenters. The van der Waals surface area contributed by atoms with Gasteiger partial charge in [0, 0.05) is 12.5 Å². The second kappa shape index (κ2) is 6.54. The first-order valence-electron chi connectivity index (χ1n) is 7.36. The molecule has 2 aromatic rings. The Morgan fingerprint density at radius 3 is 2.52 bits per heavy atom. The van der Waals surface area contributed by atoms with Gasteiger partial charge in [-0.15, -0.1) is 0 Å². The number of rotatable bonds is 3. The molecule has 2 amide bonds. The molecular formula is C17H12F4N2O2. The Balaban J connectivity index is 1.87. The molecule has 2 N–H and O–H groups in total. The first-order chi connectivity index (χ1) is 11.9. The van der Waals surface area contributed by atoms with Crippen LogP contribution in [0.4, 0.5) is 23.2 Å². The summed E-state index contributed by atoms with van der Waals surface area (Å²) in [4.78, 5) is 24.4. The molecule has 1 aliphatic rings. The lowest BCUT2D eigenvalue weighted by Crippen LogP contribution is -2.32. The number of anilines is 1. The minimum Gasteiger partial charge on any atom is -0.355 e. The van der Waals surface area contributed by atoms with E-state index in [1.165, 1.54) is 12.1 Å². The van der Waals surface area contributed by atoms with Crippen LogP contribution in [-0.2, 0) is 9.59 Å². The molecule has 1 aliphatic heterocycles. The van der Waals surface area contributed by atoms with Crippen LogP contribution in [0.3, 0.4) is 0 Å². The largest absolute Gasteiger partial charge is 0.355 e. The van der Waals surface area contributed by atoms with Gasteiger partial charge >= 0.3 is 0 Å². The van der Waals surface area contributed by atoms with Gasteiger partial charge in [0.25, 0.3) is 0 Å². The van der Waals surface area contributed by atoms with Crippen LogP contribution in [0.15, 0.2) is 36.4 Å². The van der Waals surface area contributed by atoms with Gasteiger partial charge in [0.2, 0.25) is 11.8 Å². The van der Waals surface area contributed by atoms with E-state index in [1.54, 1.807) is 0 Å². The Hall–Kier alpha value is -2.90. The Morgan fingerprint density at radius 2 is 1.80 bits per heavy atom. The van der Waals surface area contributed by atoms with Crippen molar-refractivity contribution in [3.63, 3.8) is 0 Å². The molecule has 2 aromatic carbocycles. The van der Waals surface area contributed by atoms with E-state index in [9.17, 15) is 27.2 Å². The van der Waals surface area contributed by atoms with E-state index in [0.29, 0.717) is 0 Å². The van der Waals surface area contributed by atoms with Gasteiger partial charge in [-0.2, -0.15) is 0 Å². The standard InChI is InChI=1S/C17H12F4N2O2/c18-10-5-4-8(6-12(10)20)9-7-22-16(24)14(9)17(25)23-13-3-1-2-11(19)15(13)21/h1-6,9,14H,7H2,(H,22,24)(H,23,25). The minimum atomic E-state index is -1.28. The number of hydrogen-bond acceptors (Lipinski definition) is 2. The van der Waals surface area contributed by atoms with Crippen molar-refractivity contribution < 1.29 is 27.2 Å². The fraction of sp³-hybridized carbons (Fsp3) is 0.176. The molecule has 4 nitrogen and oxygen atoms in total. The zero-order valence-corrected chi connectivity index (χ0v) is 12.7. The molecule has 0 aromatic heterocycles. The Morgan fingerprint density at radius 1 is 1.04 bits per heavy atom. The molecule has 130 valence electrons. The van der Waals surface area contributed by atoms with Crippen molar-refractivity contribution in [3.8, 4) is 0 Å². The number of halogens is 4. The minimum absolute atomic E-state index is 0.0353. The lowest BCUT2D eigenvalue weighted by Gasteiger charge is -2.17. The molecule has 0 aliphatic carbocycles. The fourth-order valence-electron chi connectivity index (χ4n) is 2.79. The summed E-state index contributed by atoms with van der Waals surface area (Å²) in [7, 11) is 0. The first kappa shape index (κ1) is 16.9. The second-order valence-corrected chi connectivity index (χ2v) is 5.59. The SMILES string of the molecule is O=C1NCC(c2ccc(F)c(F)c2)C1C(=O)Nc1cccc(F)c1F. The Labute approximate surface area is 139 Å². The molecule has 0 saturated carbocycles. The quantitative estimate of drug-likeness (QED) is 0.659. The van der Waals surface area contributed by atoms with Crippen molar-refractivity contribution in [2.24, 2.45) is 5.92 Å². The van der Waals surface area contributed by atoms with Crippen LogP contribution in [0.1, 0.15) is 11.5 Å². The summed E-state index contributed by atoms with van der Waals surface area (Å²) < 4.78 is 53.4. The maximum atomic E-state index is 13.7. The van der Waals surface area contributed by atoms with E-state index in [4.69, 9.17) is 0 Å². The van der Waals surface area contributed by atoms with E-state index >= 15 is 0 Å². The van der Waals surface area contributed by atoms with Crippen molar-refractivity contribution in [2.45, 2.75) is 5.92 Å². The van der Waals surface area contributed by atoms with E-state index < -0.39 is 52.6 Å². The molecule has 8 heteroatoms. The number of carbonyl (C=O) groups excluding carboxylic acids is 2. The van der Waals surface area contributed by atoms with Gasteiger partial charge in [-0.05, 0) is 29.8 Å². The summed E-state index contributed by atoms with van der Waals surface area (Å²) in [6.07, 6.45) is 0. The summed E-state index contributed by atoms with van der Waals surface area (Å²) in [6.45, 7) is 0.0353. The van der Waals surface area contributed by atoms with Gasteiger partial charge in [0.15, 0.2) is 23.3 Å². The normalized spacial score (nSPS) is 19.6. The fourth-order valence-corrected chi connectivity index (χ4v) is 2.79. The van der Waals surface area contributed by atoms with E-state index in [1.807, 2.05) is 0 Å². The van der Waals surface area contributed by atoms with Crippen LogP contribution in [0.5, 0.6) is 0 Å². The molecule has 0 radical (unpaired) electrons. The summed E-state index contributed by atoms with van der Waals surface area (Å²) in [5, 5.41) is 4.63. The lowest BCUT2D eigenvalue weighted by molar-refractivity contribution is -0.130. The van der Waals surface area contributed by atoms with Crippen LogP contribution in [0.2, 0.25) is 0 Å². The molecule has 0 bridgehead atoms. The third-order valence-electron chi connectivity index (χ3n) is 4.04. The maximum absolute atomic E-state index is 13.7. The van der Waals surface area contributed by atoms with Crippen molar-refractivity contribution in [1.29, 1.82) is 0 Å². The zero-order valence-electron chi connectivity index (χ0n) is 12.7.